The van der Waals surface area contributed by atoms with Gasteiger partial charge in [-0.1, -0.05) is 43.6 Å². The Kier molecular flexibility index (Phi) is 4.71. The largest absolute Gasteiger partial charge is 0.127 e. The SMILES string of the molecule is CCc1ccc(C(Cl)c2ccc(Cl)s2)cc1CC. The van der Waals surface area contributed by atoms with Crippen molar-refractivity contribution >= 4 is 34.5 Å². The van der Waals surface area contributed by atoms with Gasteiger partial charge in [0.15, 0.2) is 0 Å². The van der Waals surface area contributed by atoms with Gasteiger partial charge in [0.2, 0.25) is 0 Å². The normalized spacial score (nSPS) is 12.7. The molecule has 1 aromatic heterocycles. The number of aryl methyl sites for hydroxylation is 2. The number of hydrogen-bond acceptors (Lipinski definition) is 1. The van der Waals surface area contributed by atoms with Gasteiger partial charge in [0.1, 0.15) is 0 Å². The van der Waals surface area contributed by atoms with Crippen molar-refractivity contribution in [2.45, 2.75) is 32.1 Å². The van der Waals surface area contributed by atoms with Crippen LogP contribution in [0.5, 0.6) is 0 Å². The van der Waals surface area contributed by atoms with E-state index in [9.17, 15) is 0 Å². The van der Waals surface area contributed by atoms with Gasteiger partial charge in [0.25, 0.3) is 0 Å². The Morgan fingerprint density at radius 3 is 2.33 bits per heavy atom. The van der Waals surface area contributed by atoms with Gasteiger partial charge in [-0.25, -0.2) is 0 Å². The van der Waals surface area contributed by atoms with E-state index in [1.807, 2.05) is 12.1 Å². The summed E-state index contributed by atoms with van der Waals surface area (Å²) in [6.45, 7) is 4.37. The lowest BCUT2D eigenvalue weighted by Gasteiger charge is -2.12. The minimum atomic E-state index is -0.0984. The lowest BCUT2D eigenvalue weighted by molar-refractivity contribution is 1.02. The third-order valence-corrected chi connectivity index (χ3v) is 5.04. The molecule has 1 heterocycles. The number of rotatable bonds is 4. The fraction of sp³-hybridized carbons (Fsp3) is 0.333. The average Bonchev–Trinajstić information content (AvgIpc) is 2.83. The zero-order chi connectivity index (χ0) is 13.1. The van der Waals surface area contributed by atoms with Crippen molar-refractivity contribution < 1.29 is 0 Å². The van der Waals surface area contributed by atoms with Gasteiger partial charge in [-0.2, -0.15) is 0 Å². The number of thiophene rings is 1. The highest BCUT2D eigenvalue weighted by Crippen LogP contribution is 2.36. The third-order valence-electron chi connectivity index (χ3n) is 3.13. The van der Waals surface area contributed by atoms with Gasteiger partial charge in [-0.15, -0.1) is 22.9 Å². The zero-order valence-electron chi connectivity index (χ0n) is 10.5. The Balaban J connectivity index is 2.33. The molecular formula is C15H16Cl2S. The molecule has 18 heavy (non-hydrogen) atoms. The van der Waals surface area contributed by atoms with Crippen molar-refractivity contribution in [3.05, 3.63) is 56.2 Å². The van der Waals surface area contributed by atoms with E-state index in [0.717, 1.165) is 27.6 Å². The molecule has 0 aliphatic carbocycles. The molecule has 1 unspecified atom stereocenters. The van der Waals surface area contributed by atoms with Gasteiger partial charge in [-0.05, 0) is 41.7 Å². The molecule has 1 aromatic carbocycles. The van der Waals surface area contributed by atoms with Crippen LogP contribution in [0.15, 0.2) is 30.3 Å². The molecule has 0 saturated carbocycles. The van der Waals surface area contributed by atoms with Crippen LogP contribution in [0.2, 0.25) is 4.34 Å². The molecule has 0 spiro atoms. The quantitative estimate of drug-likeness (QED) is 0.621. The summed E-state index contributed by atoms with van der Waals surface area (Å²) in [7, 11) is 0. The number of benzene rings is 1. The number of alkyl halides is 1. The smallest absolute Gasteiger partial charge is 0.0931 e. The number of hydrogen-bond donors (Lipinski definition) is 0. The molecule has 0 N–H and O–H groups in total. The maximum Gasteiger partial charge on any atom is 0.0931 e. The van der Waals surface area contributed by atoms with Crippen molar-refractivity contribution in [1.82, 2.24) is 0 Å². The van der Waals surface area contributed by atoms with E-state index >= 15 is 0 Å². The fourth-order valence-electron chi connectivity index (χ4n) is 2.11. The summed E-state index contributed by atoms with van der Waals surface area (Å²) in [5.41, 5.74) is 3.96. The summed E-state index contributed by atoms with van der Waals surface area (Å²) in [5, 5.41) is -0.0984. The highest BCUT2D eigenvalue weighted by atomic mass is 35.5. The van der Waals surface area contributed by atoms with Crippen molar-refractivity contribution in [1.29, 1.82) is 0 Å². The van der Waals surface area contributed by atoms with E-state index in [2.05, 4.69) is 32.0 Å². The van der Waals surface area contributed by atoms with E-state index in [1.54, 1.807) is 11.3 Å². The van der Waals surface area contributed by atoms with E-state index in [4.69, 9.17) is 23.2 Å². The molecule has 2 aromatic rings. The average molecular weight is 299 g/mol. The highest BCUT2D eigenvalue weighted by molar-refractivity contribution is 7.16. The fourth-order valence-corrected chi connectivity index (χ4v) is 3.52. The first kappa shape index (κ1) is 13.9. The topological polar surface area (TPSA) is 0 Å². The predicted octanol–water partition coefficient (Wildman–Crippen LogP) is 5.85. The predicted molar refractivity (Wildman–Crippen MR) is 82.2 cm³/mol. The molecule has 0 aliphatic heterocycles. The van der Waals surface area contributed by atoms with Crippen LogP contribution in [-0.2, 0) is 12.8 Å². The van der Waals surface area contributed by atoms with Gasteiger partial charge in [0, 0.05) is 4.88 Å². The molecule has 0 amide bonds. The molecule has 2 rings (SSSR count). The van der Waals surface area contributed by atoms with E-state index < -0.39 is 0 Å². The standard InChI is InChI=1S/C15H16Cl2S/c1-3-10-5-6-12(9-11(10)4-2)15(17)13-7-8-14(16)18-13/h5-9,15H,3-4H2,1-2H3. The Hall–Kier alpha value is -0.500. The van der Waals surface area contributed by atoms with Crippen molar-refractivity contribution in [3.8, 4) is 0 Å². The second-order valence-corrected chi connectivity index (χ2v) is 6.42. The Bertz CT molecular complexity index is 531. The third kappa shape index (κ3) is 2.90. The maximum absolute atomic E-state index is 6.52. The summed E-state index contributed by atoms with van der Waals surface area (Å²) < 4.78 is 0.788. The second kappa shape index (κ2) is 6.10. The van der Waals surface area contributed by atoms with Crippen molar-refractivity contribution in [2.75, 3.05) is 0 Å². The first-order chi connectivity index (χ1) is 8.65. The lowest BCUT2D eigenvalue weighted by atomic mass is 9.98. The summed E-state index contributed by atoms with van der Waals surface area (Å²) in [5.74, 6) is 0. The Morgan fingerprint density at radius 2 is 1.78 bits per heavy atom. The van der Waals surface area contributed by atoms with Gasteiger partial charge >= 0.3 is 0 Å². The van der Waals surface area contributed by atoms with Crippen molar-refractivity contribution in [2.24, 2.45) is 0 Å². The monoisotopic (exact) mass is 298 g/mol. The van der Waals surface area contributed by atoms with Crippen LogP contribution in [0, 0.1) is 0 Å². The van der Waals surface area contributed by atoms with E-state index in [0.29, 0.717) is 0 Å². The second-order valence-electron chi connectivity index (χ2n) is 4.24. The summed E-state index contributed by atoms with van der Waals surface area (Å²) in [6.07, 6.45) is 2.12. The molecule has 0 fully saturated rings. The molecule has 0 nitrogen and oxygen atoms in total. The Labute approximate surface area is 123 Å². The molecule has 3 heteroatoms. The van der Waals surface area contributed by atoms with Crippen molar-refractivity contribution in [3.63, 3.8) is 0 Å². The highest BCUT2D eigenvalue weighted by Gasteiger charge is 2.14. The zero-order valence-corrected chi connectivity index (χ0v) is 12.9. The molecule has 0 saturated heterocycles. The number of halogens is 2. The first-order valence-electron chi connectivity index (χ1n) is 6.16. The summed E-state index contributed by atoms with van der Waals surface area (Å²) >= 11 is 14.0. The van der Waals surface area contributed by atoms with E-state index in [1.165, 1.54) is 11.1 Å². The lowest BCUT2D eigenvalue weighted by Crippen LogP contribution is -1.96. The van der Waals surface area contributed by atoms with Gasteiger partial charge in [0.05, 0.1) is 9.71 Å². The summed E-state index contributed by atoms with van der Waals surface area (Å²) in [4.78, 5) is 1.10. The molecule has 0 radical (unpaired) electrons. The molecule has 0 bridgehead atoms. The molecular weight excluding hydrogens is 283 g/mol. The first-order valence-corrected chi connectivity index (χ1v) is 7.79. The van der Waals surface area contributed by atoms with Crippen LogP contribution in [0.4, 0.5) is 0 Å². The van der Waals surface area contributed by atoms with Crippen LogP contribution < -0.4 is 0 Å². The van der Waals surface area contributed by atoms with Crippen LogP contribution >= 0.6 is 34.5 Å². The molecule has 0 aliphatic rings. The summed E-state index contributed by atoms with van der Waals surface area (Å²) in [6, 6.07) is 10.5. The molecule has 96 valence electrons. The van der Waals surface area contributed by atoms with Crippen LogP contribution in [0.1, 0.15) is 40.8 Å². The van der Waals surface area contributed by atoms with Crippen LogP contribution in [-0.4, -0.2) is 0 Å². The molecule has 1 atom stereocenters. The van der Waals surface area contributed by atoms with Gasteiger partial charge in [-0.3, -0.25) is 0 Å². The Morgan fingerprint density at radius 1 is 1.06 bits per heavy atom. The van der Waals surface area contributed by atoms with Gasteiger partial charge < -0.3 is 0 Å². The maximum atomic E-state index is 6.52. The minimum Gasteiger partial charge on any atom is -0.127 e. The van der Waals surface area contributed by atoms with E-state index in [-0.39, 0.29) is 5.38 Å². The van der Waals surface area contributed by atoms with Crippen LogP contribution in [0.25, 0.3) is 0 Å². The van der Waals surface area contributed by atoms with Crippen LogP contribution in [0.3, 0.4) is 0 Å². The minimum absolute atomic E-state index is 0.0984.